The lowest BCUT2D eigenvalue weighted by Gasteiger charge is -2.30. The van der Waals surface area contributed by atoms with Crippen molar-refractivity contribution in [3.05, 3.63) is 51.2 Å². The number of carbonyl (C=O) groups is 1. The Morgan fingerprint density at radius 3 is 2.52 bits per heavy atom. The number of ether oxygens (including phenoxy) is 2. The first-order valence-electron chi connectivity index (χ1n) is 11.1. The number of nitrogens with zero attached hydrogens (tertiary/aromatic N) is 1. The summed E-state index contributed by atoms with van der Waals surface area (Å²) in [6, 6.07) is 9.18. The second-order valence-corrected chi connectivity index (χ2v) is 10.4. The van der Waals surface area contributed by atoms with Crippen molar-refractivity contribution in [3.63, 3.8) is 0 Å². The third-order valence-electron chi connectivity index (χ3n) is 5.76. The molecule has 2 aromatic heterocycles. The van der Waals surface area contributed by atoms with Crippen LogP contribution < -0.4 is 21.3 Å². The van der Waals surface area contributed by atoms with Crippen LogP contribution in [0.25, 0.3) is 20.7 Å². The number of hydrogen-bond acceptors (Lipinski definition) is 6. The first-order chi connectivity index (χ1) is 15.7. The van der Waals surface area contributed by atoms with Crippen LogP contribution in [-0.4, -0.2) is 34.4 Å². The smallest absolute Gasteiger partial charge is 0.407 e. The van der Waals surface area contributed by atoms with E-state index in [1.807, 2.05) is 51.1 Å². The second kappa shape index (κ2) is 9.05. The van der Waals surface area contributed by atoms with Crippen LogP contribution in [0.5, 0.6) is 5.75 Å². The average Bonchev–Trinajstić information content (AvgIpc) is 3.17. The highest BCUT2D eigenvalue weighted by atomic mass is 32.1. The molecular weight excluding hydrogens is 442 g/mol. The van der Waals surface area contributed by atoms with Gasteiger partial charge in [0.25, 0.3) is 5.56 Å². The SMILES string of the molecule is COc1ccccc1-c1cc2[nH]c(=O)n(C3CCC(NC(=O)OC(C)(C)C)CC3)c(=O)c2s1. The zero-order valence-electron chi connectivity index (χ0n) is 19.3. The summed E-state index contributed by atoms with van der Waals surface area (Å²) >= 11 is 1.35. The van der Waals surface area contributed by atoms with Crippen molar-refractivity contribution in [1.82, 2.24) is 14.9 Å². The van der Waals surface area contributed by atoms with Gasteiger partial charge in [0.15, 0.2) is 0 Å². The number of amides is 1. The molecule has 4 rings (SSSR count). The van der Waals surface area contributed by atoms with E-state index >= 15 is 0 Å². The number of alkyl carbamates (subject to hydrolysis) is 1. The van der Waals surface area contributed by atoms with E-state index in [2.05, 4.69) is 10.3 Å². The van der Waals surface area contributed by atoms with Crippen LogP contribution in [0.15, 0.2) is 39.9 Å². The van der Waals surface area contributed by atoms with Crippen LogP contribution in [0, 0.1) is 0 Å². The Bertz CT molecular complexity index is 1280. The lowest BCUT2D eigenvalue weighted by Crippen LogP contribution is -2.44. The van der Waals surface area contributed by atoms with Gasteiger partial charge in [-0.05, 0) is 64.7 Å². The quantitative estimate of drug-likeness (QED) is 0.586. The molecule has 2 heterocycles. The van der Waals surface area contributed by atoms with Gasteiger partial charge in [-0.3, -0.25) is 9.36 Å². The molecule has 0 spiro atoms. The molecule has 0 radical (unpaired) electrons. The first kappa shape index (κ1) is 23.1. The van der Waals surface area contributed by atoms with Crippen LogP contribution in [0.3, 0.4) is 0 Å². The summed E-state index contributed by atoms with van der Waals surface area (Å²) in [6.07, 6.45) is 2.15. The minimum atomic E-state index is -0.555. The average molecular weight is 472 g/mol. The Balaban J connectivity index is 1.55. The molecule has 176 valence electrons. The van der Waals surface area contributed by atoms with Crippen molar-refractivity contribution in [1.29, 1.82) is 0 Å². The normalized spacial score (nSPS) is 18.8. The maximum Gasteiger partial charge on any atom is 0.407 e. The Morgan fingerprint density at radius 1 is 1.15 bits per heavy atom. The number of thiophene rings is 1. The molecule has 0 aliphatic heterocycles. The number of rotatable bonds is 4. The standard InChI is InChI=1S/C24H29N3O5S/c1-24(2,3)32-23(30)25-14-9-11-15(12-10-14)27-21(28)20-17(26-22(27)29)13-19(33-20)16-7-5-6-8-18(16)31-4/h5-8,13-15H,9-12H2,1-4H3,(H,25,30)(H,26,29). The molecule has 1 amide bonds. The molecule has 8 nitrogen and oxygen atoms in total. The highest BCUT2D eigenvalue weighted by molar-refractivity contribution is 7.22. The van der Waals surface area contributed by atoms with E-state index in [4.69, 9.17) is 9.47 Å². The van der Waals surface area contributed by atoms with Crippen molar-refractivity contribution in [2.45, 2.75) is 64.1 Å². The summed E-state index contributed by atoms with van der Waals surface area (Å²) in [6.45, 7) is 5.46. The van der Waals surface area contributed by atoms with Crippen LogP contribution in [0.2, 0.25) is 0 Å². The number of benzene rings is 1. The fraction of sp³-hybridized carbons (Fsp3) is 0.458. The van der Waals surface area contributed by atoms with Gasteiger partial charge in [-0.25, -0.2) is 9.59 Å². The molecule has 9 heteroatoms. The van der Waals surface area contributed by atoms with E-state index in [-0.39, 0.29) is 17.6 Å². The van der Waals surface area contributed by atoms with E-state index < -0.39 is 17.4 Å². The highest BCUT2D eigenvalue weighted by Crippen LogP contribution is 2.36. The summed E-state index contributed by atoms with van der Waals surface area (Å²) in [4.78, 5) is 41.9. The predicted molar refractivity (Wildman–Crippen MR) is 129 cm³/mol. The van der Waals surface area contributed by atoms with E-state index in [1.54, 1.807) is 7.11 Å². The number of H-pyrrole nitrogens is 1. The lowest BCUT2D eigenvalue weighted by molar-refractivity contribution is 0.0487. The molecule has 1 fully saturated rings. The summed E-state index contributed by atoms with van der Waals surface area (Å²) in [5.41, 5.74) is 0.179. The third-order valence-corrected chi connectivity index (χ3v) is 6.92. The topological polar surface area (TPSA) is 102 Å². The van der Waals surface area contributed by atoms with Gasteiger partial charge in [0.05, 0.1) is 12.6 Å². The van der Waals surface area contributed by atoms with Gasteiger partial charge in [-0.15, -0.1) is 11.3 Å². The molecule has 0 unspecified atom stereocenters. The number of aromatic amines is 1. The lowest BCUT2D eigenvalue weighted by atomic mass is 9.91. The van der Waals surface area contributed by atoms with Gasteiger partial charge in [-0.1, -0.05) is 12.1 Å². The number of nitrogens with one attached hydrogen (secondary N) is 2. The largest absolute Gasteiger partial charge is 0.496 e. The fourth-order valence-electron chi connectivity index (χ4n) is 4.28. The maximum absolute atomic E-state index is 13.3. The number of aromatic nitrogens is 2. The fourth-order valence-corrected chi connectivity index (χ4v) is 5.37. The monoisotopic (exact) mass is 471 g/mol. The van der Waals surface area contributed by atoms with Crippen molar-refractivity contribution < 1.29 is 14.3 Å². The molecule has 0 atom stereocenters. The van der Waals surface area contributed by atoms with Gasteiger partial charge in [0.2, 0.25) is 0 Å². The van der Waals surface area contributed by atoms with Gasteiger partial charge in [0, 0.05) is 22.5 Å². The first-order valence-corrected chi connectivity index (χ1v) is 11.9. The zero-order valence-corrected chi connectivity index (χ0v) is 20.1. The Hall–Kier alpha value is -3.07. The summed E-state index contributed by atoms with van der Waals surface area (Å²) in [5.74, 6) is 0.711. The minimum absolute atomic E-state index is 0.0338. The molecule has 0 bridgehead atoms. The van der Waals surface area contributed by atoms with E-state index in [0.29, 0.717) is 41.6 Å². The molecule has 0 saturated heterocycles. The number of carbonyl (C=O) groups excluding carboxylic acids is 1. The number of fused-ring (bicyclic) bond motifs is 1. The van der Waals surface area contributed by atoms with Crippen LogP contribution >= 0.6 is 11.3 Å². The second-order valence-electron chi connectivity index (χ2n) is 9.31. The predicted octanol–water partition coefficient (Wildman–Crippen LogP) is 4.44. The van der Waals surface area contributed by atoms with Gasteiger partial charge in [-0.2, -0.15) is 0 Å². The van der Waals surface area contributed by atoms with E-state index in [9.17, 15) is 14.4 Å². The molecule has 33 heavy (non-hydrogen) atoms. The molecular formula is C24H29N3O5S. The van der Waals surface area contributed by atoms with Crippen molar-refractivity contribution >= 4 is 27.6 Å². The Kier molecular flexibility index (Phi) is 6.34. The molecule has 1 aliphatic rings. The Labute approximate surface area is 195 Å². The van der Waals surface area contributed by atoms with E-state index in [1.165, 1.54) is 15.9 Å². The van der Waals surface area contributed by atoms with Gasteiger partial charge in [0.1, 0.15) is 16.1 Å². The van der Waals surface area contributed by atoms with Gasteiger partial charge < -0.3 is 19.8 Å². The van der Waals surface area contributed by atoms with Crippen molar-refractivity contribution in [2.24, 2.45) is 0 Å². The highest BCUT2D eigenvalue weighted by Gasteiger charge is 2.28. The molecule has 2 N–H and O–H groups in total. The van der Waals surface area contributed by atoms with Crippen molar-refractivity contribution in [2.75, 3.05) is 7.11 Å². The minimum Gasteiger partial charge on any atom is -0.496 e. The molecule has 1 saturated carbocycles. The number of hydrogen-bond donors (Lipinski definition) is 2. The number of methoxy groups -OCH3 is 1. The third kappa shape index (κ3) is 4.98. The van der Waals surface area contributed by atoms with Crippen LogP contribution in [0.4, 0.5) is 4.79 Å². The Morgan fingerprint density at radius 2 is 1.85 bits per heavy atom. The number of para-hydroxylation sites is 1. The van der Waals surface area contributed by atoms with Crippen LogP contribution in [-0.2, 0) is 4.74 Å². The summed E-state index contributed by atoms with van der Waals surface area (Å²) in [5, 5.41) is 2.89. The van der Waals surface area contributed by atoms with Crippen LogP contribution in [0.1, 0.15) is 52.5 Å². The molecule has 1 aliphatic carbocycles. The van der Waals surface area contributed by atoms with Gasteiger partial charge >= 0.3 is 11.8 Å². The maximum atomic E-state index is 13.3. The zero-order chi connectivity index (χ0) is 23.8. The van der Waals surface area contributed by atoms with E-state index in [0.717, 1.165) is 10.4 Å². The summed E-state index contributed by atoms with van der Waals surface area (Å²) < 4.78 is 12.6. The molecule has 1 aromatic carbocycles. The molecule has 3 aromatic rings. The van der Waals surface area contributed by atoms with Crippen molar-refractivity contribution in [3.8, 4) is 16.2 Å². The summed E-state index contributed by atoms with van der Waals surface area (Å²) in [7, 11) is 1.61.